The van der Waals surface area contributed by atoms with Gasteiger partial charge in [-0.25, -0.2) is 4.79 Å². The van der Waals surface area contributed by atoms with Gasteiger partial charge in [0.25, 0.3) is 0 Å². The molecule has 5 nitrogen and oxygen atoms in total. The van der Waals surface area contributed by atoms with Crippen LogP contribution in [-0.4, -0.2) is 24.1 Å². The van der Waals surface area contributed by atoms with Gasteiger partial charge in [0.05, 0.1) is 41.4 Å². The van der Waals surface area contributed by atoms with Gasteiger partial charge in [0, 0.05) is 6.54 Å². The SMILES string of the molecule is CC(OC[C@@]1(c2ccccc2)CCC(C#N)CN1C(=O)OCc1ccccc1)c1cc(C(F)(F)F)cc(C(F)(F)F)c1. The van der Waals surface area contributed by atoms with E-state index >= 15 is 0 Å². The molecule has 0 N–H and O–H groups in total. The van der Waals surface area contributed by atoms with E-state index in [1.807, 2.05) is 6.07 Å². The number of hydrogen-bond donors (Lipinski definition) is 0. The van der Waals surface area contributed by atoms with E-state index in [9.17, 15) is 36.4 Å². The molecule has 1 fully saturated rings. The second-order valence-electron chi connectivity index (χ2n) is 10.2. The van der Waals surface area contributed by atoms with Crippen LogP contribution in [0.2, 0.25) is 0 Å². The Labute approximate surface area is 239 Å². The number of ether oxygens (including phenoxy) is 2. The van der Waals surface area contributed by atoms with Gasteiger partial charge in [0.15, 0.2) is 0 Å². The summed E-state index contributed by atoms with van der Waals surface area (Å²) in [6.07, 6.45) is -11.3. The minimum absolute atomic E-state index is 0.00145. The lowest BCUT2D eigenvalue weighted by Gasteiger charge is -2.48. The van der Waals surface area contributed by atoms with Crippen LogP contribution in [0, 0.1) is 17.2 Å². The van der Waals surface area contributed by atoms with Gasteiger partial charge < -0.3 is 9.47 Å². The van der Waals surface area contributed by atoms with Crippen molar-refractivity contribution in [1.29, 1.82) is 5.26 Å². The predicted molar refractivity (Wildman–Crippen MR) is 141 cm³/mol. The summed E-state index contributed by atoms with van der Waals surface area (Å²) >= 11 is 0. The fourth-order valence-electron chi connectivity index (χ4n) is 5.04. The first-order chi connectivity index (χ1) is 19.8. The van der Waals surface area contributed by atoms with E-state index in [0.717, 1.165) is 5.56 Å². The molecule has 2 unspecified atom stereocenters. The first kappa shape index (κ1) is 30.9. The number of halogens is 6. The number of carbonyl (C=O) groups is 1. The molecule has 3 atom stereocenters. The quantitative estimate of drug-likeness (QED) is 0.260. The van der Waals surface area contributed by atoms with E-state index in [1.54, 1.807) is 54.6 Å². The lowest BCUT2D eigenvalue weighted by Crippen LogP contribution is -2.57. The molecule has 42 heavy (non-hydrogen) atoms. The fraction of sp³-hybridized carbons (Fsp3) is 0.355. The maximum Gasteiger partial charge on any atom is 0.416 e. The van der Waals surface area contributed by atoms with Crippen molar-refractivity contribution in [2.24, 2.45) is 5.92 Å². The molecule has 0 aliphatic carbocycles. The Morgan fingerprint density at radius 3 is 2.10 bits per heavy atom. The van der Waals surface area contributed by atoms with Gasteiger partial charge in [0.2, 0.25) is 0 Å². The van der Waals surface area contributed by atoms with E-state index in [1.165, 1.54) is 11.8 Å². The Morgan fingerprint density at radius 2 is 1.55 bits per heavy atom. The van der Waals surface area contributed by atoms with E-state index in [0.29, 0.717) is 24.1 Å². The molecule has 3 aromatic carbocycles. The van der Waals surface area contributed by atoms with Crippen molar-refractivity contribution in [3.05, 3.63) is 107 Å². The highest BCUT2D eigenvalue weighted by Gasteiger charge is 2.47. The number of nitrogens with zero attached hydrogens (tertiary/aromatic N) is 2. The van der Waals surface area contributed by atoms with Crippen molar-refractivity contribution >= 4 is 6.09 Å². The van der Waals surface area contributed by atoms with Crippen LogP contribution in [-0.2, 0) is 34.0 Å². The molecule has 1 aliphatic heterocycles. The summed E-state index contributed by atoms with van der Waals surface area (Å²) in [5.41, 5.74) is -3.04. The van der Waals surface area contributed by atoms with Gasteiger partial charge in [-0.3, -0.25) is 4.90 Å². The lowest BCUT2D eigenvalue weighted by atomic mass is 9.78. The molecule has 1 heterocycles. The highest BCUT2D eigenvalue weighted by atomic mass is 19.4. The average Bonchev–Trinajstić information content (AvgIpc) is 2.98. The van der Waals surface area contributed by atoms with E-state index in [4.69, 9.17) is 9.47 Å². The van der Waals surface area contributed by atoms with Crippen LogP contribution in [0.3, 0.4) is 0 Å². The standard InChI is InChI=1S/C31H28F6N2O3/c1-21(24-14-26(30(32,33)34)16-27(15-24)31(35,36)37)42-20-29(25-10-6-3-7-11-25)13-12-23(17-38)18-39(29)28(40)41-19-22-8-4-2-5-9-22/h2-11,14-16,21,23H,12-13,18-20H2,1H3/t21?,23?,29-/m1/s1. The normalized spacial score (nSPS) is 20.0. The monoisotopic (exact) mass is 590 g/mol. The molecule has 4 rings (SSSR count). The zero-order chi connectivity index (χ0) is 30.5. The second-order valence-corrected chi connectivity index (χ2v) is 10.2. The summed E-state index contributed by atoms with van der Waals surface area (Å²) in [5, 5.41) is 9.65. The van der Waals surface area contributed by atoms with Gasteiger partial charge in [-0.05, 0) is 54.7 Å². The number of amides is 1. The first-order valence-electron chi connectivity index (χ1n) is 13.2. The number of piperidine rings is 1. The molecular weight excluding hydrogens is 562 g/mol. The molecular formula is C31H28F6N2O3. The Kier molecular flexibility index (Phi) is 9.16. The molecule has 0 bridgehead atoms. The summed E-state index contributed by atoms with van der Waals surface area (Å²) in [4.78, 5) is 14.9. The van der Waals surface area contributed by atoms with Crippen molar-refractivity contribution in [3.63, 3.8) is 0 Å². The van der Waals surface area contributed by atoms with Crippen molar-refractivity contribution in [2.75, 3.05) is 13.2 Å². The number of nitriles is 1. The van der Waals surface area contributed by atoms with Gasteiger partial charge in [0.1, 0.15) is 6.61 Å². The van der Waals surface area contributed by atoms with Crippen LogP contribution in [0.15, 0.2) is 78.9 Å². The molecule has 11 heteroatoms. The van der Waals surface area contributed by atoms with Gasteiger partial charge in [-0.1, -0.05) is 60.7 Å². The summed E-state index contributed by atoms with van der Waals surface area (Å²) in [6, 6.07) is 21.2. The molecule has 0 saturated carbocycles. The van der Waals surface area contributed by atoms with Crippen molar-refractivity contribution in [1.82, 2.24) is 4.90 Å². The van der Waals surface area contributed by atoms with E-state index < -0.39 is 47.1 Å². The zero-order valence-corrected chi connectivity index (χ0v) is 22.6. The topological polar surface area (TPSA) is 62.6 Å². The minimum atomic E-state index is -5.00. The van der Waals surface area contributed by atoms with Crippen LogP contribution in [0.4, 0.5) is 31.1 Å². The number of rotatable bonds is 7. The molecule has 1 aliphatic rings. The number of hydrogen-bond acceptors (Lipinski definition) is 4. The van der Waals surface area contributed by atoms with Gasteiger partial charge >= 0.3 is 18.4 Å². The highest BCUT2D eigenvalue weighted by molar-refractivity contribution is 5.69. The Bertz CT molecular complexity index is 1370. The summed E-state index contributed by atoms with van der Waals surface area (Å²) in [6.45, 7) is 1.04. The van der Waals surface area contributed by atoms with Gasteiger partial charge in [-0.15, -0.1) is 0 Å². The van der Waals surface area contributed by atoms with Crippen molar-refractivity contribution < 1.29 is 40.6 Å². The van der Waals surface area contributed by atoms with Crippen LogP contribution >= 0.6 is 0 Å². The lowest BCUT2D eigenvalue weighted by molar-refractivity contribution is -0.143. The molecule has 1 amide bonds. The molecule has 0 aromatic heterocycles. The Hall–Kier alpha value is -4.04. The maximum atomic E-state index is 13.5. The smallest absolute Gasteiger partial charge is 0.416 e. The molecule has 0 radical (unpaired) electrons. The van der Waals surface area contributed by atoms with Crippen LogP contribution in [0.5, 0.6) is 0 Å². The summed E-state index contributed by atoms with van der Waals surface area (Å²) in [7, 11) is 0. The van der Waals surface area contributed by atoms with Crippen molar-refractivity contribution in [2.45, 2.75) is 50.4 Å². The molecule has 1 saturated heterocycles. The predicted octanol–water partition coefficient (Wildman–Crippen LogP) is 8.27. The van der Waals surface area contributed by atoms with Gasteiger partial charge in [-0.2, -0.15) is 31.6 Å². The molecule has 0 spiro atoms. The number of likely N-dealkylation sites (tertiary alicyclic amines) is 1. The molecule has 222 valence electrons. The Morgan fingerprint density at radius 1 is 0.976 bits per heavy atom. The minimum Gasteiger partial charge on any atom is -0.445 e. The zero-order valence-electron chi connectivity index (χ0n) is 22.6. The second kappa shape index (κ2) is 12.4. The average molecular weight is 591 g/mol. The number of benzene rings is 3. The van der Waals surface area contributed by atoms with Crippen LogP contribution in [0.25, 0.3) is 0 Å². The van der Waals surface area contributed by atoms with Crippen LogP contribution < -0.4 is 0 Å². The third-order valence-corrected chi connectivity index (χ3v) is 7.40. The number of carbonyl (C=O) groups excluding carboxylic acids is 1. The first-order valence-corrected chi connectivity index (χ1v) is 13.2. The third-order valence-electron chi connectivity index (χ3n) is 7.40. The van der Waals surface area contributed by atoms with Crippen LogP contribution in [0.1, 0.15) is 53.7 Å². The number of alkyl halides is 6. The Balaban J connectivity index is 1.67. The maximum absolute atomic E-state index is 13.5. The largest absolute Gasteiger partial charge is 0.445 e. The highest BCUT2D eigenvalue weighted by Crippen LogP contribution is 2.42. The van der Waals surface area contributed by atoms with Crippen molar-refractivity contribution in [3.8, 4) is 6.07 Å². The summed E-state index contributed by atoms with van der Waals surface area (Å²) < 4.78 is 92.4. The third kappa shape index (κ3) is 7.05. The molecule has 3 aromatic rings. The van der Waals surface area contributed by atoms with E-state index in [2.05, 4.69) is 6.07 Å². The summed E-state index contributed by atoms with van der Waals surface area (Å²) in [5.74, 6) is -0.513. The van der Waals surface area contributed by atoms with E-state index in [-0.39, 0.29) is 37.8 Å². The fourth-order valence-corrected chi connectivity index (χ4v) is 5.04.